The summed E-state index contributed by atoms with van der Waals surface area (Å²) >= 11 is 0. The predicted molar refractivity (Wildman–Crippen MR) is 106 cm³/mol. The summed E-state index contributed by atoms with van der Waals surface area (Å²) in [6.07, 6.45) is 0.557. The number of aliphatic hydroxyl groups is 1. The van der Waals surface area contributed by atoms with Crippen LogP contribution < -0.4 is 16.4 Å². The molecule has 0 radical (unpaired) electrons. The first-order valence-corrected chi connectivity index (χ1v) is 8.69. The smallest absolute Gasteiger partial charge is 0.320 e. The van der Waals surface area contributed by atoms with Crippen molar-refractivity contribution < 1.29 is 19.4 Å². The molecular weight excluding hydrogens is 362 g/mol. The third kappa shape index (κ3) is 5.93. The fraction of sp³-hybridized carbons (Fsp3) is 0.316. The van der Waals surface area contributed by atoms with E-state index in [0.717, 1.165) is 5.56 Å². The summed E-state index contributed by atoms with van der Waals surface area (Å²) in [7, 11) is 1.54. The molecule has 0 fully saturated rings. The highest BCUT2D eigenvalue weighted by Crippen LogP contribution is 2.18. The van der Waals surface area contributed by atoms with E-state index >= 15 is 0 Å². The van der Waals surface area contributed by atoms with Crippen LogP contribution in [0.1, 0.15) is 24.1 Å². The molecule has 0 aliphatic rings. The van der Waals surface area contributed by atoms with E-state index in [1.807, 2.05) is 30.3 Å². The Kier molecular flexibility index (Phi) is 7.73. The van der Waals surface area contributed by atoms with E-state index in [-0.39, 0.29) is 24.0 Å². The first-order valence-electron chi connectivity index (χ1n) is 8.69. The van der Waals surface area contributed by atoms with E-state index in [1.165, 1.54) is 19.4 Å². The van der Waals surface area contributed by atoms with Crippen molar-refractivity contribution in [3.8, 4) is 0 Å². The summed E-state index contributed by atoms with van der Waals surface area (Å²) in [6.45, 7) is 2.16. The van der Waals surface area contributed by atoms with Gasteiger partial charge in [0.2, 0.25) is 5.90 Å². The Morgan fingerprint density at radius 1 is 1.32 bits per heavy atom. The molecule has 0 aliphatic heterocycles. The van der Waals surface area contributed by atoms with Crippen molar-refractivity contribution in [1.82, 2.24) is 10.3 Å². The van der Waals surface area contributed by atoms with Gasteiger partial charge >= 0.3 is 6.03 Å². The molecule has 0 saturated carbocycles. The van der Waals surface area contributed by atoms with Gasteiger partial charge in [-0.3, -0.25) is 10.7 Å². The molecule has 2 amide bonds. The van der Waals surface area contributed by atoms with Crippen LogP contribution in [0.5, 0.6) is 0 Å². The van der Waals surface area contributed by atoms with Crippen molar-refractivity contribution in [2.45, 2.75) is 19.1 Å². The minimum absolute atomic E-state index is 0.128. The van der Waals surface area contributed by atoms with Gasteiger partial charge in [-0.05, 0) is 12.5 Å². The number of urea groups is 1. The topological polar surface area (TPSA) is 143 Å². The van der Waals surface area contributed by atoms with Crippen LogP contribution in [0, 0.1) is 5.41 Å². The summed E-state index contributed by atoms with van der Waals surface area (Å²) in [6, 6.07) is 9.46. The molecule has 0 spiro atoms. The average molecular weight is 387 g/mol. The van der Waals surface area contributed by atoms with Crippen molar-refractivity contribution >= 4 is 23.4 Å². The molecular formula is C19H25N5O4. The van der Waals surface area contributed by atoms with Crippen molar-refractivity contribution in [2.75, 3.05) is 31.4 Å². The summed E-state index contributed by atoms with van der Waals surface area (Å²) in [5.41, 5.74) is 7.27. The van der Waals surface area contributed by atoms with Gasteiger partial charge in [0.25, 0.3) is 0 Å². The van der Waals surface area contributed by atoms with Gasteiger partial charge in [-0.2, -0.15) is 0 Å². The normalized spacial score (nSPS) is 12.7. The van der Waals surface area contributed by atoms with Crippen LogP contribution in [-0.2, 0) is 9.47 Å². The lowest BCUT2D eigenvalue weighted by Crippen LogP contribution is -2.38. The molecule has 9 heteroatoms. The van der Waals surface area contributed by atoms with Crippen molar-refractivity contribution in [3.05, 3.63) is 53.7 Å². The number of amides is 2. The van der Waals surface area contributed by atoms with Gasteiger partial charge in [-0.25, -0.2) is 9.78 Å². The van der Waals surface area contributed by atoms with Crippen LogP contribution in [-0.4, -0.2) is 48.4 Å². The third-order valence-electron chi connectivity index (χ3n) is 3.88. The maximum Gasteiger partial charge on any atom is 0.320 e. The van der Waals surface area contributed by atoms with Crippen LogP contribution in [0.3, 0.4) is 0 Å². The highest BCUT2D eigenvalue weighted by atomic mass is 16.5. The number of nitrogens with zero attached hydrogens (tertiary/aromatic N) is 1. The van der Waals surface area contributed by atoms with Gasteiger partial charge in [0.15, 0.2) is 0 Å². The summed E-state index contributed by atoms with van der Waals surface area (Å²) in [5, 5.41) is 23.1. The largest absolute Gasteiger partial charge is 0.475 e. The van der Waals surface area contributed by atoms with Crippen LogP contribution >= 0.6 is 0 Å². The quantitative estimate of drug-likeness (QED) is 0.266. The van der Waals surface area contributed by atoms with Gasteiger partial charge in [-0.15, -0.1) is 0 Å². The Hall–Kier alpha value is -3.17. The maximum absolute atomic E-state index is 12.3. The number of nitrogens with one attached hydrogen (secondary N) is 3. The molecule has 1 aromatic carbocycles. The van der Waals surface area contributed by atoms with E-state index in [1.54, 1.807) is 6.92 Å². The Morgan fingerprint density at radius 3 is 2.64 bits per heavy atom. The second-order valence-corrected chi connectivity index (χ2v) is 6.05. The Morgan fingerprint density at radius 2 is 2.04 bits per heavy atom. The number of ether oxygens (including phenoxy) is 2. The van der Waals surface area contributed by atoms with Crippen LogP contribution in [0.15, 0.2) is 42.6 Å². The zero-order chi connectivity index (χ0) is 20.5. The molecule has 150 valence electrons. The SMILES string of the molecule is COCCOC(=N)c1cnc(NC(=O)N[C@@H](c2ccccc2)C(C)O)cc1N. The van der Waals surface area contributed by atoms with E-state index in [2.05, 4.69) is 15.6 Å². The molecule has 0 bridgehead atoms. The third-order valence-corrected chi connectivity index (χ3v) is 3.88. The number of nitrogen functional groups attached to an aromatic ring is 1. The van der Waals surface area contributed by atoms with E-state index in [4.69, 9.17) is 20.6 Å². The number of anilines is 2. The van der Waals surface area contributed by atoms with Crippen LogP contribution in [0.4, 0.5) is 16.3 Å². The highest BCUT2D eigenvalue weighted by Gasteiger charge is 2.20. The number of nitrogens with two attached hydrogens (primary N) is 1. The molecule has 2 aromatic rings. The monoisotopic (exact) mass is 387 g/mol. The predicted octanol–water partition coefficient (Wildman–Crippen LogP) is 1.90. The molecule has 9 nitrogen and oxygen atoms in total. The summed E-state index contributed by atoms with van der Waals surface area (Å²) in [5.74, 6) is 0.0807. The molecule has 28 heavy (non-hydrogen) atoms. The number of carbonyl (C=O) groups is 1. The Bertz CT molecular complexity index is 798. The van der Waals surface area contributed by atoms with Gasteiger partial charge < -0.3 is 25.6 Å². The number of rotatable bonds is 8. The minimum Gasteiger partial charge on any atom is -0.475 e. The van der Waals surface area contributed by atoms with Crippen molar-refractivity contribution in [3.63, 3.8) is 0 Å². The molecule has 0 saturated heterocycles. The summed E-state index contributed by atoms with van der Waals surface area (Å²) < 4.78 is 10.1. The molecule has 2 rings (SSSR count). The van der Waals surface area contributed by atoms with Gasteiger partial charge in [0.05, 0.1) is 24.3 Å². The van der Waals surface area contributed by atoms with Gasteiger partial charge in [0, 0.05) is 25.1 Å². The fourth-order valence-corrected chi connectivity index (χ4v) is 2.47. The number of pyridine rings is 1. The van der Waals surface area contributed by atoms with E-state index in [9.17, 15) is 9.90 Å². The highest BCUT2D eigenvalue weighted by molar-refractivity contribution is 5.97. The zero-order valence-corrected chi connectivity index (χ0v) is 15.8. The van der Waals surface area contributed by atoms with Crippen molar-refractivity contribution in [2.24, 2.45) is 0 Å². The first kappa shape index (κ1) is 21.1. The number of aliphatic hydroxyl groups excluding tert-OH is 1. The average Bonchev–Trinajstić information content (AvgIpc) is 2.66. The van der Waals surface area contributed by atoms with E-state index < -0.39 is 18.2 Å². The lowest BCUT2D eigenvalue weighted by molar-refractivity contribution is 0.141. The van der Waals surface area contributed by atoms with Crippen molar-refractivity contribution in [1.29, 1.82) is 5.41 Å². The second kappa shape index (κ2) is 10.2. The molecule has 0 aliphatic carbocycles. The standard InChI is InChI=1S/C19H25N5O4/c1-12(25)17(13-6-4-3-5-7-13)24-19(26)23-16-10-15(20)14(11-22-16)18(21)28-9-8-27-2/h3-7,10-12,17,21,25H,8-9H2,1-2H3,(H4,20,22,23,24,26)/t12?,17-/m1/s1. The van der Waals surface area contributed by atoms with Crippen LogP contribution in [0.25, 0.3) is 0 Å². The second-order valence-electron chi connectivity index (χ2n) is 6.05. The number of benzene rings is 1. The molecule has 6 N–H and O–H groups in total. The maximum atomic E-state index is 12.3. The number of methoxy groups -OCH3 is 1. The number of carbonyl (C=O) groups excluding carboxylic acids is 1. The lowest BCUT2D eigenvalue weighted by atomic mass is 10.0. The zero-order valence-electron chi connectivity index (χ0n) is 15.8. The Balaban J connectivity index is 2.01. The fourth-order valence-electron chi connectivity index (χ4n) is 2.47. The van der Waals surface area contributed by atoms with E-state index in [0.29, 0.717) is 12.2 Å². The molecule has 1 aromatic heterocycles. The number of aromatic nitrogens is 1. The van der Waals surface area contributed by atoms with Gasteiger partial charge in [-0.1, -0.05) is 30.3 Å². The van der Waals surface area contributed by atoms with Gasteiger partial charge in [0.1, 0.15) is 12.4 Å². The molecule has 1 unspecified atom stereocenters. The first-order chi connectivity index (χ1) is 13.4. The Labute approximate surface area is 163 Å². The number of hydrogen-bond acceptors (Lipinski definition) is 7. The minimum atomic E-state index is -0.793. The molecule has 1 heterocycles. The number of hydrogen-bond donors (Lipinski definition) is 5. The lowest BCUT2D eigenvalue weighted by Gasteiger charge is -2.22. The summed E-state index contributed by atoms with van der Waals surface area (Å²) in [4.78, 5) is 16.4. The van der Waals surface area contributed by atoms with Crippen LogP contribution in [0.2, 0.25) is 0 Å². The molecule has 2 atom stereocenters.